The summed E-state index contributed by atoms with van der Waals surface area (Å²) in [6.45, 7) is 1.48. The summed E-state index contributed by atoms with van der Waals surface area (Å²) in [4.78, 5) is 9.50. The average molecular weight is 683 g/mol. The molecule has 0 bridgehead atoms. The molecule has 0 aliphatic rings. The summed E-state index contributed by atoms with van der Waals surface area (Å²) >= 11 is 5.89. The minimum absolute atomic E-state index is 0.0800. The first kappa shape index (κ1) is 31.4. The van der Waals surface area contributed by atoms with E-state index in [0.717, 1.165) is 18.2 Å². The lowest BCUT2D eigenvalue weighted by Crippen LogP contribution is -2.05. The molecule has 1 heterocycles. The Morgan fingerprint density at radius 1 is 0.818 bits per heavy atom. The summed E-state index contributed by atoms with van der Waals surface area (Å²) in [7, 11) is -14.5. The van der Waals surface area contributed by atoms with E-state index >= 15 is 0 Å². The minimum Gasteiger partial charge on any atom is -0.505 e. The van der Waals surface area contributed by atoms with E-state index in [0.29, 0.717) is 5.39 Å². The lowest BCUT2D eigenvalue weighted by molar-refractivity contribution is 0.375. The molecule has 44 heavy (non-hydrogen) atoms. The van der Waals surface area contributed by atoms with Gasteiger partial charge in [0.1, 0.15) is 33.0 Å². The first-order valence-corrected chi connectivity index (χ1v) is 16.6. The highest BCUT2D eigenvalue weighted by atomic mass is 35.5. The number of hydrogen-bond acceptors (Lipinski definition) is 14. The number of anilines is 2. The Morgan fingerprint density at radius 3 is 2.16 bits per heavy atom. The Balaban J connectivity index is 1.81. The van der Waals surface area contributed by atoms with Crippen molar-refractivity contribution in [2.75, 3.05) is 5.32 Å². The zero-order chi connectivity index (χ0) is 32.2. The van der Waals surface area contributed by atoms with Gasteiger partial charge in [-0.05, 0) is 53.6 Å². The summed E-state index contributed by atoms with van der Waals surface area (Å²) in [5.41, 5.74) is -1.46. The third-order valence-electron chi connectivity index (χ3n) is 6.06. The van der Waals surface area contributed by atoms with Gasteiger partial charge in [0.15, 0.2) is 5.75 Å². The zero-order valence-electron chi connectivity index (χ0n) is 21.9. The lowest BCUT2D eigenvalue weighted by Gasteiger charge is -2.23. The van der Waals surface area contributed by atoms with E-state index in [1.165, 1.54) is 31.2 Å². The van der Waals surface area contributed by atoms with Crippen LogP contribution < -0.4 is 5.32 Å². The maximum atomic E-state index is 12.3. The SMILES string of the molecule is Cc1nc(Cl)nc(Nc2cc(S(=O)(=O)O)cc3cc(S(O)(O)O)c(N=Nc4ccc5ccccc5c4S(=O)(=O)O)c(O)c23)n1. The van der Waals surface area contributed by atoms with Gasteiger partial charge in [-0.1, -0.05) is 30.3 Å². The Hall–Kier alpha value is -4.05. The van der Waals surface area contributed by atoms with Gasteiger partial charge in [-0.3, -0.25) is 9.11 Å². The number of hydrogen-bond donors (Lipinski definition) is 7. The lowest BCUT2D eigenvalue weighted by atomic mass is 10.1. The van der Waals surface area contributed by atoms with Crippen LogP contribution in [0.5, 0.6) is 5.75 Å². The molecule has 0 aliphatic carbocycles. The van der Waals surface area contributed by atoms with Crippen LogP contribution in [-0.4, -0.2) is 59.7 Å². The molecule has 5 aromatic rings. The third-order valence-corrected chi connectivity index (χ3v) is 8.90. The molecule has 230 valence electrons. The predicted octanol–water partition coefficient (Wildman–Crippen LogP) is 6.08. The maximum absolute atomic E-state index is 12.3. The number of nitrogens with one attached hydrogen (secondary N) is 1. The molecule has 0 aliphatic heterocycles. The molecular formula is C24H19ClN6O10S3. The van der Waals surface area contributed by atoms with Gasteiger partial charge in [-0.25, -0.2) is 4.98 Å². The molecule has 20 heteroatoms. The number of halogens is 1. The molecule has 0 unspecified atom stereocenters. The molecule has 0 spiro atoms. The van der Waals surface area contributed by atoms with Crippen LogP contribution in [-0.2, 0) is 20.2 Å². The number of rotatable bonds is 7. The Kier molecular flexibility index (Phi) is 7.95. The number of phenols is 1. The van der Waals surface area contributed by atoms with E-state index in [1.54, 1.807) is 12.1 Å². The molecule has 0 fully saturated rings. The number of phenolic OH excluding ortho intramolecular Hbond substituents is 1. The number of nitrogens with zero attached hydrogens (tertiary/aromatic N) is 5. The van der Waals surface area contributed by atoms with Crippen molar-refractivity contribution in [3.05, 3.63) is 65.7 Å². The molecular weight excluding hydrogens is 664 g/mol. The van der Waals surface area contributed by atoms with Gasteiger partial charge in [0.25, 0.3) is 20.2 Å². The third kappa shape index (κ3) is 6.26. The van der Waals surface area contributed by atoms with Crippen LogP contribution in [0.2, 0.25) is 5.28 Å². The van der Waals surface area contributed by atoms with Crippen molar-refractivity contribution < 1.29 is 44.7 Å². The number of azo groups is 1. The van der Waals surface area contributed by atoms with E-state index in [2.05, 4.69) is 30.5 Å². The number of aromatic nitrogens is 3. The molecule has 7 N–H and O–H groups in total. The van der Waals surface area contributed by atoms with Crippen LogP contribution in [0.1, 0.15) is 5.82 Å². The van der Waals surface area contributed by atoms with Crippen LogP contribution >= 0.6 is 22.5 Å². The molecule has 5 rings (SSSR count). The van der Waals surface area contributed by atoms with E-state index in [1.807, 2.05) is 0 Å². The van der Waals surface area contributed by atoms with Crippen LogP contribution in [0.3, 0.4) is 0 Å². The van der Waals surface area contributed by atoms with Crippen LogP contribution in [0.25, 0.3) is 21.5 Å². The number of aryl methyl sites for hydroxylation is 1. The predicted molar refractivity (Wildman–Crippen MR) is 160 cm³/mol. The van der Waals surface area contributed by atoms with E-state index < -0.39 is 62.9 Å². The standard InChI is InChI=1S/C24H19ClN6O10S3/c1-11-26-23(25)29-24(27-11)28-17-10-14(42(33,34)35)8-13-9-18(43(36,37)38)20(21(32)19(13)17)31-30-16-7-6-12-4-2-3-5-15(12)22(16)44(39,40)41/h2-10,32,36-38H,1H3,(H,33,34,35)(H,39,40,41)(H,26,27,28,29). The van der Waals surface area contributed by atoms with Crippen molar-refractivity contribution >= 4 is 87.3 Å². The summed E-state index contributed by atoms with van der Waals surface area (Å²) in [5, 5.41) is 21.4. The summed E-state index contributed by atoms with van der Waals surface area (Å²) in [5.74, 6) is -0.975. The first-order chi connectivity index (χ1) is 20.4. The smallest absolute Gasteiger partial charge is 0.297 e. The quantitative estimate of drug-likeness (QED) is 0.0757. The number of fused-ring (bicyclic) bond motifs is 2. The van der Waals surface area contributed by atoms with Gasteiger partial charge in [-0.2, -0.15) is 26.8 Å². The number of benzene rings is 4. The second-order valence-corrected chi connectivity index (χ2v) is 13.6. The minimum atomic E-state index is -4.89. The molecule has 0 radical (unpaired) electrons. The van der Waals surface area contributed by atoms with Crippen molar-refractivity contribution in [1.29, 1.82) is 0 Å². The van der Waals surface area contributed by atoms with Crippen molar-refractivity contribution in [2.45, 2.75) is 21.6 Å². The van der Waals surface area contributed by atoms with Crippen molar-refractivity contribution in [2.24, 2.45) is 10.2 Å². The van der Waals surface area contributed by atoms with Gasteiger partial charge < -0.3 is 24.1 Å². The van der Waals surface area contributed by atoms with Gasteiger partial charge >= 0.3 is 0 Å². The summed E-state index contributed by atoms with van der Waals surface area (Å²) in [6.07, 6.45) is 0. The summed E-state index contributed by atoms with van der Waals surface area (Å²) < 4.78 is 99.0. The first-order valence-electron chi connectivity index (χ1n) is 11.8. The Morgan fingerprint density at radius 2 is 1.52 bits per heavy atom. The Labute approximate surface area is 254 Å². The van der Waals surface area contributed by atoms with E-state index in [-0.39, 0.29) is 38.9 Å². The van der Waals surface area contributed by atoms with Crippen LogP contribution in [0.15, 0.2) is 79.5 Å². The van der Waals surface area contributed by atoms with Crippen molar-refractivity contribution in [1.82, 2.24) is 15.0 Å². The zero-order valence-corrected chi connectivity index (χ0v) is 25.1. The fourth-order valence-electron chi connectivity index (χ4n) is 4.32. The highest BCUT2D eigenvalue weighted by Crippen LogP contribution is 2.55. The fourth-order valence-corrected chi connectivity index (χ4v) is 6.59. The van der Waals surface area contributed by atoms with Gasteiger partial charge in [-0.15, -0.1) is 10.2 Å². The molecule has 0 saturated heterocycles. The van der Waals surface area contributed by atoms with E-state index in [9.17, 15) is 44.7 Å². The van der Waals surface area contributed by atoms with E-state index in [4.69, 9.17) is 11.6 Å². The van der Waals surface area contributed by atoms with Gasteiger partial charge in [0.05, 0.1) is 15.5 Å². The monoisotopic (exact) mass is 682 g/mol. The molecule has 0 atom stereocenters. The molecule has 1 aromatic heterocycles. The molecule has 16 nitrogen and oxygen atoms in total. The number of aromatic hydroxyl groups is 1. The van der Waals surface area contributed by atoms with Crippen molar-refractivity contribution in [3.63, 3.8) is 0 Å². The fraction of sp³-hybridized carbons (Fsp3) is 0.0417. The van der Waals surface area contributed by atoms with Crippen LogP contribution in [0, 0.1) is 6.92 Å². The second-order valence-electron chi connectivity index (χ2n) is 9.05. The summed E-state index contributed by atoms with van der Waals surface area (Å²) in [6, 6.07) is 11.4. The van der Waals surface area contributed by atoms with Gasteiger partial charge in [0, 0.05) is 10.8 Å². The molecule has 0 amide bonds. The van der Waals surface area contributed by atoms with Crippen LogP contribution in [0.4, 0.5) is 23.0 Å². The Bertz CT molecular complexity index is 2220. The molecule has 0 saturated carbocycles. The van der Waals surface area contributed by atoms with Crippen molar-refractivity contribution in [3.8, 4) is 5.75 Å². The molecule has 4 aromatic carbocycles. The van der Waals surface area contributed by atoms with Gasteiger partial charge in [0.2, 0.25) is 11.2 Å². The second kappa shape index (κ2) is 11.1. The largest absolute Gasteiger partial charge is 0.505 e. The highest BCUT2D eigenvalue weighted by Gasteiger charge is 2.28. The average Bonchev–Trinajstić information content (AvgIpc) is 2.89. The maximum Gasteiger partial charge on any atom is 0.297 e. The highest BCUT2D eigenvalue weighted by molar-refractivity contribution is 8.19. The topological polar surface area (TPSA) is 265 Å². The normalized spacial score (nSPS) is 13.2.